The molecule has 2 unspecified atom stereocenters. The molecule has 3 atom stereocenters. The van der Waals surface area contributed by atoms with Crippen molar-refractivity contribution in [1.29, 1.82) is 0 Å². The number of aliphatic hydroxyl groups is 1. The number of hydrogen-bond donors (Lipinski definition) is 1. The molecule has 0 amide bonds. The van der Waals surface area contributed by atoms with Crippen molar-refractivity contribution in [3.63, 3.8) is 0 Å². The summed E-state index contributed by atoms with van der Waals surface area (Å²) in [5, 5.41) is 9.94. The Morgan fingerprint density at radius 3 is 1.73 bits per heavy atom. The van der Waals surface area contributed by atoms with Gasteiger partial charge in [0.15, 0.2) is 0 Å². The van der Waals surface area contributed by atoms with Crippen molar-refractivity contribution >= 4 is 11.9 Å². The lowest BCUT2D eigenvalue weighted by molar-refractivity contribution is -0.152. The molecule has 0 saturated carbocycles. The second-order valence-corrected chi connectivity index (χ2v) is 11.3. The van der Waals surface area contributed by atoms with E-state index in [9.17, 15) is 14.7 Å². The normalized spacial score (nSPS) is 17.5. The van der Waals surface area contributed by atoms with Gasteiger partial charge in [-0.1, -0.05) is 115 Å². The van der Waals surface area contributed by atoms with E-state index in [4.69, 9.17) is 14.2 Å². The van der Waals surface area contributed by atoms with Gasteiger partial charge in [0.25, 0.3) is 0 Å². The number of epoxide rings is 1. The van der Waals surface area contributed by atoms with Gasteiger partial charge in [0.1, 0.15) is 19.3 Å². The zero-order valence-corrected chi connectivity index (χ0v) is 26.2. The zero-order chi connectivity index (χ0) is 29.8. The first-order chi connectivity index (χ1) is 20.1. The number of hydrogen-bond acceptors (Lipinski definition) is 6. The Morgan fingerprint density at radius 1 is 0.634 bits per heavy atom. The largest absolute Gasteiger partial charge is 0.463 e. The van der Waals surface area contributed by atoms with Gasteiger partial charge in [-0.2, -0.15) is 0 Å². The highest BCUT2D eigenvalue weighted by atomic mass is 16.6. The Labute approximate surface area is 251 Å². The van der Waals surface area contributed by atoms with Crippen LogP contribution >= 0.6 is 0 Å². The van der Waals surface area contributed by atoms with E-state index < -0.39 is 6.10 Å². The second-order valence-electron chi connectivity index (χ2n) is 11.3. The van der Waals surface area contributed by atoms with Crippen LogP contribution in [0.4, 0.5) is 0 Å². The average molecular weight is 577 g/mol. The van der Waals surface area contributed by atoms with E-state index in [-0.39, 0.29) is 25.2 Å². The smallest absolute Gasteiger partial charge is 0.305 e. The Hall–Kier alpha value is -1.92. The zero-order valence-electron chi connectivity index (χ0n) is 26.2. The molecule has 0 radical (unpaired) electrons. The summed E-state index contributed by atoms with van der Waals surface area (Å²) < 4.78 is 15.9. The number of unbranched alkanes of at least 4 members (excludes halogenated alkanes) is 12. The monoisotopic (exact) mass is 576 g/mol. The predicted octanol–water partition coefficient (Wildman–Crippen LogP) is 8.71. The summed E-state index contributed by atoms with van der Waals surface area (Å²) in [4.78, 5) is 23.7. The van der Waals surface area contributed by atoms with E-state index in [1.807, 2.05) is 0 Å². The Morgan fingerprint density at radius 2 is 1.10 bits per heavy atom. The van der Waals surface area contributed by atoms with Gasteiger partial charge in [0.2, 0.25) is 0 Å². The Balaban J connectivity index is 1.91. The highest BCUT2D eigenvalue weighted by Crippen LogP contribution is 2.29. The highest BCUT2D eigenvalue weighted by molar-refractivity contribution is 5.69. The van der Waals surface area contributed by atoms with Crippen molar-refractivity contribution in [3.8, 4) is 0 Å². The molecule has 1 aliphatic heterocycles. The molecule has 1 aliphatic rings. The van der Waals surface area contributed by atoms with Crippen molar-refractivity contribution in [2.24, 2.45) is 0 Å². The van der Waals surface area contributed by atoms with Crippen molar-refractivity contribution in [2.75, 3.05) is 13.2 Å². The third-order valence-electron chi connectivity index (χ3n) is 7.28. The van der Waals surface area contributed by atoms with Crippen molar-refractivity contribution in [1.82, 2.24) is 0 Å². The molecule has 0 aromatic carbocycles. The van der Waals surface area contributed by atoms with E-state index in [0.717, 1.165) is 44.9 Å². The minimum Gasteiger partial charge on any atom is -0.463 e. The molecule has 41 heavy (non-hydrogen) atoms. The van der Waals surface area contributed by atoms with Crippen molar-refractivity contribution < 1.29 is 28.9 Å². The molecule has 0 spiro atoms. The van der Waals surface area contributed by atoms with Crippen LogP contribution in [-0.4, -0.2) is 48.6 Å². The molecule has 1 heterocycles. The lowest BCUT2D eigenvalue weighted by Gasteiger charge is -2.12. The van der Waals surface area contributed by atoms with Gasteiger partial charge in [-0.25, -0.2) is 0 Å². The quantitative estimate of drug-likeness (QED) is 0.0434. The lowest BCUT2D eigenvalue weighted by atomic mass is 10.1. The Kier molecular flexibility index (Phi) is 24.4. The summed E-state index contributed by atoms with van der Waals surface area (Å²) >= 11 is 0. The van der Waals surface area contributed by atoms with Crippen LogP contribution in [0.5, 0.6) is 0 Å². The summed E-state index contributed by atoms with van der Waals surface area (Å²) in [7, 11) is 0. The third-order valence-corrected chi connectivity index (χ3v) is 7.28. The number of aliphatic hydroxyl groups excluding tert-OH is 1. The molecule has 1 saturated heterocycles. The molecule has 0 aromatic rings. The fourth-order valence-corrected chi connectivity index (χ4v) is 4.59. The van der Waals surface area contributed by atoms with E-state index in [0.29, 0.717) is 31.5 Å². The second kappa shape index (κ2) is 26.9. The van der Waals surface area contributed by atoms with Crippen LogP contribution in [0.2, 0.25) is 0 Å². The third kappa shape index (κ3) is 24.4. The maximum absolute atomic E-state index is 11.9. The van der Waals surface area contributed by atoms with Gasteiger partial charge in [0.05, 0.1) is 12.2 Å². The van der Waals surface area contributed by atoms with Crippen LogP contribution in [0.15, 0.2) is 36.5 Å². The van der Waals surface area contributed by atoms with E-state index in [2.05, 4.69) is 50.3 Å². The molecule has 0 aromatic heterocycles. The fourth-order valence-electron chi connectivity index (χ4n) is 4.59. The van der Waals surface area contributed by atoms with Crippen molar-refractivity contribution in [2.45, 2.75) is 161 Å². The average Bonchev–Trinajstić information content (AvgIpc) is 3.72. The summed E-state index contributed by atoms with van der Waals surface area (Å²) in [6.07, 6.45) is 33.7. The van der Waals surface area contributed by atoms with Crippen LogP contribution in [0.1, 0.15) is 142 Å². The molecule has 0 bridgehead atoms. The first-order valence-electron chi connectivity index (χ1n) is 16.7. The van der Waals surface area contributed by atoms with Gasteiger partial charge in [-0.05, 0) is 51.4 Å². The summed E-state index contributed by atoms with van der Waals surface area (Å²) in [5.41, 5.74) is 0. The number of allylic oxidation sites excluding steroid dienone is 4. The molecule has 1 N–H and O–H groups in total. The molecular weight excluding hydrogens is 516 g/mol. The van der Waals surface area contributed by atoms with Gasteiger partial charge < -0.3 is 19.3 Å². The summed E-state index contributed by atoms with van der Waals surface area (Å²) in [6.45, 7) is 4.17. The van der Waals surface area contributed by atoms with Gasteiger partial charge in [-0.3, -0.25) is 9.59 Å². The molecule has 0 aliphatic carbocycles. The molecule has 236 valence electrons. The number of ether oxygens (including phenoxy) is 3. The maximum Gasteiger partial charge on any atom is 0.305 e. The van der Waals surface area contributed by atoms with Gasteiger partial charge >= 0.3 is 11.9 Å². The molecule has 6 nitrogen and oxygen atoms in total. The fraction of sp³-hybridized carbons (Fsp3) is 0.771. The maximum atomic E-state index is 11.9. The Bertz CT molecular complexity index is 728. The molecule has 6 heteroatoms. The lowest BCUT2D eigenvalue weighted by Crippen LogP contribution is -2.25. The summed E-state index contributed by atoms with van der Waals surface area (Å²) in [6, 6.07) is 0. The van der Waals surface area contributed by atoms with Gasteiger partial charge in [-0.15, -0.1) is 0 Å². The number of carbonyl (C=O) groups excluding carboxylic acids is 2. The molecule has 1 fully saturated rings. The summed E-state index contributed by atoms with van der Waals surface area (Å²) in [5.74, 6) is -0.642. The minimum absolute atomic E-state index is 0.136. The topological polar surface area (TPSA) is 85.4 Å². The standard InChI is InChI=1S/C35H60O6/c1-3-5-7-9-11-13-15-17-21-25-32-33(41-32)26-22-19-20-24-28-35(38)40-30-31(36)29-39-34(37)27-23-18-16-14-12-10-8-6-4-2/h11,13,17,19,21-22,31-33,36H,3-10,12,14-16,18,20,23-30H2,1-2H3/b13-11-,21-17-,22-19-/t31-,32?,33?/m0/s1. The predicted molar refractivity (Wildman–Crippen MR) is 168 cm³/mol. The number of carbonyl (C=O) groups is 2. The minimum atomic E-state index is -0.987. The first kappa shape index (κ1) is 37.1. The van der Waals surface area contributed by atoms with Crippen molar-refractivity contribution in [3.05, 3.63) is 36.5 Å². The van der Waals surface area contributed by atoms with Crippen LogP contribution in [0.25, 0.3) is 0 Å². The van der Waals surface area contributed by atoms with Crippen LogP contribution in [-0.2, 0) is 23.8 Å². The number of rotatable bonds is 28. The highest BCUT2D eigenvalue weighted by Gasteiger charge is 2.35. The molecular formula is C35H60O6. The van der Waals surface area contributed by atoms with E-state index >= 15 is 0 Å². The molecule has 1 rings (SSSR count). The first-order valence-corrected chi connectivity index (χ1v) is 16.7. The van der Waals surface area contributed by atoms with Crippen LogP contribution < -0.4 is 0 Å². The van der Waals surface area contributed by atoms with Gasteiger partial charge in [0, 0.05) is 12.8 Å². The number of esters is 2. The van der Waals surface area contributed by atoms with Crippen LogP contribution in [0, 0.1) is 0 Å². The van der Waals surface area contributed by atoms with E-state index in [1.165, 1.54) is 64.2 Å². The SMILES string of the molecule is CCCCC/C=C\C/C=C\CC1OC1C/C=C\CCCC(=O)OC[C@@H](O)COC(=O)CCCCCCCCCCC. The van der Waals surface area contributed by atoms with Crippen LogP contribution in [0.3, 0.4) is 0 Å². The van der Waals surface area contributed by atoms with E-state index in [1.54, 1.807) is 0 Å².